The molecule has 0 amide bonds. The van der Waals surface area contributed by atoms with Crippen LogP contribution in [0.2, 0.25) is 0 Å². The highest BCUT2D eigenvalue weighted by Gasteiger charge is 2.09. The Labute approximate surface area is 133 Å². The van der Waals surface area contributed by atoms with Gasteiger partial charge in [-0.25, -0.2) is 0 Å². The Morgan fingerprint density at radius 1 is 1.00 bits per heavy atom. The van der Waals surface area contributed by atoms with E-state index >= 15 is 0 Å². The van der Waals surface area contributed by atoms with Gasteiger partial charge in [-0.1, -0.05) is 56.7 Å². The maximum atomic E-state index is 12.8. The van der Waals surface area contributed by atoms with Crippen LogP contribution >= 0.6 is 0 Å². The van der Waals surface area contributed by atoms with Gasteiger partial charge in [-0.15, -0.1) is 0 Å². The Kier molecular flexibility index (Phi) is 6.41. The molecule has 3 nitrogen and oxygen atoms in total. The van der Waals surface area contributed by atoms with Crippen LogP contribution in [0.1, 0.15) is 38.7 Å². The largest absolute Gasteiger partial charge is 0.312 e. The first-order valence-corrected chi connectivity index (χ1v) is 8.26. The van der Waals surface area contributed by atoms with E-state index in [1.165, 1.54) is 0 Å². The normalized spacial score (nSPS) is 10.8. The molecule has 0 fully saturated rings. The summed E-state index contributed by atoms with van der Waals surface area (Å²) < 4.78 is 1.93. The molecule has 0 atom stereocenters. The summed E-state index contributed by atoms with van der Waals surface area (Å²) in [7, 11) is 0. The van der Waals surface area contributed by atoms with Crippen LogP contribution in [-0.2, 0) is 13.1 Å². The molecule has 2 rings (SSSR count). The highest BCUT2D eigenvalue weighted by molar-refractivity contribution is 5.59. The average molecular weight is 298 g/mol. The van der Waals surface area contributed by atoms with Crippen LogP contribution in [0.4, 0.5) is 0 Å². The van der Waals surface area contributed by atoms with E-state index in [1.807, 2.05) is 28.8 Å². The smallest absolute Gasteiger partial charge is 0.255 e. The number of hydrogen-bond donors (Lipinski definition) is 1. The van der Waals surface area contributed by atoms with Crippen LogP contribution in [0.25, 0.3) is 11.3 Å². The SMILES string of the molecule is CCCCn1c(-c2ccccc2)ccc(CNCCC)c1=O. The third-order valence-electron chi connectivity index (χ3n) is 3.80. The second-order valence-electron chi connectivity index (χ2n) is 5.60. The molecule has 0 aliphatic rings. The maximum absolute atomic E-state index is 12.8. The van der Waals surface area contributed by atoms with Crippen LogP contribution < -0.4 is 10.9 Å². The lowest BCUT2D eigenvalue weighted by atomic mass is 10.1. The Morgan fingerprint density at radius 2 is 1.77 bits per heavy atom. The molecule has 0 bridgehead atoms. The van der Waals surface area contributed by atoms with E-state index in [9.17, 15) is 4.79 Å². The van der Waals surface area contributed by atoms with Crippen molar-refractivity contribution in [2.75, 3.05) is 6.54 Å². The third-order valence-corrected chi connectivity index (χ3v) is 3.80. The summed E-state index contributed by atoms with van der Waals surface area (Å²) in [5.41, 5.74) is 3.10. The molecule has 3 heteroatoms. The lowest BCUT2D eigenvalue weighted by Gasteiger charge is -2.15. The molecule has 0 unspecified atom stereocenters. The number of unbranched alkanes of at least 4 members (excludes halogenated alkanes) is 1. The molecule has 118 valence electrons. The molecule has 22 heavy (non-hydrogen) atoms. The van der Waals surface area contributed by atoms with E-state index in [4.69, 9.17) is 0 Å². The minimum atomic E-state index is 0.137. The summed E-state index contributed by atoms with van der Waals surface area (Å²) in [5.74, 6) is 0. The van der Waals surface area contributed by atoms with Gasteiger partial charge in [0.15, 0.2) is 0 Å². The summed E-state index contributed by atoms with van der Waals surface area (Å²) in [4.78, 5) is 12.8. The molecular weight excluding hydrogens is 272 g/mol. The van der Waals surface area contributed by atoms with Gasteiger partial charge < -0.3 is 9.88 Å². The molecule has 0 radical (unpaired) electrons. The van der Waals surface area contributed by atoms with Crippen molar-refractivity contribution in [1.82, 2.24) is 9.88 Å². The van der Waals surface area contributed by atoms with Crippen molar-refractivity contribution in [3.63, 3.8) is 0 Å². The van der Waals surface area contributed by atoms with E-state index in [-0.39, 0.29) is 5.56 Å². The topological polar surface area (TPSA) is 34.0 Å². The first-order valence-electron chi connectivity index (χ1n) is 8.26. The molecule has 2 aromatic rings. The molecule has 1 aromatic heterocycles. The Morgan fingerprint density at radius 3 is 2.45 bits per heavy atom. The van der Waals surface area contributed by atoms with Crippen molar-refractivity contribution in [2.24, 2.45) is 0 Å². The zero-order valence-corrected chi connectivity index (χ0v) is 13.6. The van der Waals surface area contributed by atoms with Gasteiger partial charge in [0.25, 0.3) is 5.56 Å². The van der Waals surface area contributed by atoms with Crippen molar-refractivity contribution in [3.05, 3.63) is 58.4 Å². The Hall–Kier alpha value is -1.87. The van der Waals surface area contributed by atoms with Crippen molar-refractivity contribution in [2.45, 2.75) is 46.2 Å². The zero-order valence-electron chi connectivity index (χ0n) is 13.6. The summed E-state index contributed by atoms with van der Waals surface area (Å²) in [6.45, 7) is 6.65. The summed E-state index contributed by atoms with van der Waals surface area (Å²) in [5, 5.41) is 3.32. The molecule has 0 aliphatic carbocycles. The number of hydrogen-bond acceptors (Lipinski definition) is 2. The average Bonchev–Trinajstić information content (AvgIpc) is 2.56. The molecule has 0 saturated heterocycles. The fourth-order valence-electron chi connectivity index (χ4n) is 2.56. The number of nitrogens with one attached hydrogen (secondary N) is 1. The number of benzene rings is 1. The lowest BCUT2D eigenvalue weighted by molar-refractivity contribution is 0.603. The molecule has 0 saturated carbocycles. The van der Waals surface area contributed by atoms with Gasteiger partial charge in [0.1, 0.15) is 0 Å². The standard InChI is InChI=1S/C19H26N2O/c1-3-5-14-21-18(16-9-7-6-8-10-16)12-11-17(19(21)22)15-20-13-4-2/h6-12,20H,3-5,13-15H2,1-2H3. The molecule has 1 heterocycles. The van der Waals surface area contributed by atoms with Gasteiger partial charge in [-0.3, -0.25) is 4.79 Å². The third kappa shape index (κ3) is 4.08. The minimum absolute atomic E-state index is 0.137. The maximum Gasteiger partial charge on any atom is 0.255 e. The predicted octanol–water partition coefficient (Wildman–Crippen LogP) is 3.82. The second-order valence-corrected chi connectivity index (χ2v) is 5.60. The Bertz CT molecular complexity index is 632. The zero-order chi connectivity index (χ0) is 15.8. The lowest BCUT2D eigenvalue weighted by Crippen LogP contribution is -2.28. The number of pyridine rings is 1. The fourth-order valence-corrected chi connectivity index (χ4v) is 2.56. The van der Waals surface area contributed by atoms with Gasteiger partial charge in [0, 0.05) is 18.7 Å². The number of rotatable bonds is 8. The van der Waals surface area contributed by atoms with Gasteiger partial charge in [0.2, 0.25) is 0 Å². The van der Waals surface area contributed by atoms with Crippen molar-refractivity contribution in [3.8, 4) is 11.3 Å². The van der Waals surface area contributed by atoms with Crippen LogP contribution in [0.5, 0.6) is 0 Å². The molecule has 0 aliphatic heterocycles. The molecule has 0 spiro atoms. The van der Waals surface area contributed by atoms with Crippen molar-refractivity contribution < 1.29 is 0 Å². The van der Waals surface area contributed by atoms with E-state index in [1.54, 1.807) is 0 Å². The van der Waals surface area contributed by atoms with Crippen molar-refractivity contribution >= 4 is 0 Å². The van der Waals surface area contributed by atoms with Crippen LogP contribution in [0.15, 0.2) is 47.3 Å². The van der Waals surface area contributed by atoms with Crippen LogP contribution in [0, 0.1) is 0 Å². The second kappa shape index (κ2) is 8.54. The first-order chi connectivity index (χ1) is 10.8. The van der Waals surface area contributed by atoms with Gasteiger partial charge >= 0.3 is 0 Å². The number of nitrogens with zero attached hydrogens (tertiary/aromatic N) is 1. The van der Waals surface area contributed by atoms with Crippen molar-refractivity contribution in [1.29, 1.82) is 0 Å². The van der Waals surface area contributed by atoms with Gasteiger partial charge in [-0.05, 0) is 31.0 Å². The van der Waals surface area contributed by atoms with E-state index < -0.39 is 0 Å². The van der Waals surface area contributed by atoms with E-state index in [0.29, 0.717) is 6.54 Å². The van der Waals surface area contributed by atoms with Gasteiger partial charge in [-0.2, -0.15) is 0 Å². The summed E-state index contributed by atoms with van der Waals surface area (Å²) in [6.07, 6.45) is 3.18. The van der Waals surface area contributed by atoms with E-state index in [0.717, 1.165) is 49.2 Å². The fraction of sp³-hybridized carbons (Fsp3) is 0.421. The Balaban J connectivity index is 2.37. The predicted molar refractivity (Wildman–Crippen MR) is 93.0 cm³/mol. The molecule has 1 aromatic carbocycles. The monoisotopic (exact) mass is 298 g/mol. The highest BCUT2D eigenvalue weighted by atomic mass is 16.1. The van der Waals surface area contributed by atoms with Gasteiger partial charge in [0.05, 0.1) is 5.69 Å². The summed E-state index contributed by atoms with van der Waals surface area (Å²) >= 11 is 0. The minimum Gasteiger partial charge on any atom is -0.312 e. The van der Waals surface area contributed by atoms with Crippen LogP contribution in [-0.4, -0.2) is 11.1 Å². The van der Waals surface area contributed by atoms with E-state index in [2.05, 4.69) is 37.4 Å². The summed E-state index contributed by atoms with van der Waals surface area (Å²) in [6, 6.07) is 14.2. The molecular formula is C19H26N2O. The highest BCUT2D eigenvalue weighted by Crippen LogP contribution is 2.18. The first kappa shape index (κ1) is 16.5. The van der Waals surface area contributed by atoms with Crippen LogP contribution in [0.3, 0.4) is 0 Å². The molecule has 1 N–H and O–H groups in total. The quantitative estimate of drug-likeness (QED) is 0.752. The number of aromatic nitrogens is 1.